The molecule has 0 aromatic carbocycles. The molecule has 1 N–H and O–H groups in total. The molecule has 48 valence electrons. The van der Waals surface area contributed by atoms with Gasteiger partial charge in [-0.2, -0.15) is 0 Å². The van der Waals surface area contributed by atoms with E-state index >= 15 is 0 Å². The molecule has 0 spiro atoms. The highest BCUT2D eigenvalue weighted by atomic mass is 16.6. The molecular weight excluding hydrogens is 108 g/mol. The summed E-state index contributed by atoms with van der Waals surface area (Å²) in [5, 5.41) is 8.49. The Bertz CT molecular complexity index is 58.7. The Kier molecular flexibility index (Phi) is 2.27. The van der Waals surface area contributed by atoms with Gasteiger partial charge in [-0.15, -0.1) is 0 Å². The highest BCUT2D eigenvalue weighted by molar-refractivity contribution is 4.56. The molecule has 1 fully saturated rings. The minimum Gasteiger partial charge on any atom is -0.394 e. The average molecular weight is 118 g/mol. The number of aliphatic hydroxyl groups is 1. The maximum Gasteiger partial charge on any atom is 0.104 e. The van der Waals surface area contributed by atoms with Gasteiger partial charge in [0.25, 0.3) is 0 Å². The van der Waals surface area contributed by atoms with E-state index in [9.17, 15) is 0 Å². The molecule has 1 aliphatic rings. The van der Waals surface area contributed by atoms with Crippen LogP contribution in [0.4, 0.5) is 0 Å². The third-order valence-electron chi connectivity index (χ3n) is 1.09. The normalized spacial score (nSPS) is 30.4. The quantitative estimate of drug-likeness (QED) is 0.499. The van der Waals surface area contributed by atoms with Crippen LogP contribution in [-0.2, 0) is 9.47 Å². The fourth-order valence-electron chi connectivity index (χ4n) is 0.642. The largest absolute Gasteiger partial charge is 0.394 e. The van der Waals surface area contributed by atoms with Crippen molar-refractivity contribution in [2.24, 2.45) is 0 Å². The van der Waals surface area contributed by atoms with Gasteiger partial charge in [-0.05, 0) is 0 Å². The molecule has 1 rings (SSSR count). The zero-order chi connectivity index (χ0) is 5.82. The highest BCUT2D eigenvalue weighted by Crippen LogP contribution is 1.97. The second kappa shape index (κ2) is 3.02. The molecule has 1 aliphatic heterocycles. The number of aliphatic hydroxyl groups excluding tert-OH is 1. The zero-order valence-electron chi connectivity index (χ0n) is 4.67. The van der Waals surface area contributed by atoms with Gasteiger partial charge in [-0.1, -0.05) is 0 Å². The van der Waals surface area contributed by atoms with Crippen LogP contribution in [0.3, 0.4) is 0 Å². The summed E-state index contributed by atoms with van der Waals surface area (Å²) >= 11 is 0. The Labute approximate surface area is 48.2 Å². The van der Waals surface area contributed by atoms with Crippen LogP contribution in [0.5, 0.6) is 0 Å². The highest BCUT2D eigenvalue weighted by Gasteiger charge is 2.11. The van der Waals surface area contributed by atoms with E-state index in [0.29, 0.717) is 19.8 Å². The van der Waals surface area contributed by atoms with Crippen LogP contribution in [-0.4, -0.2) is 37.6 Å². The summed E-state index contributed by atoms with van der Waals surface area (Å²) in [6.45, 7) is 1.89. The van der Waals surface area contributed by atoms with Gasteiger partial charge in [-0.25, -0.2) is 0 Å². The van der Waals surface area contributed by atoms with Crippen molar-refractivity contribution in [1.29, 1.82) is 0 Å². The Morgan fingerprint density at radius 1 is 1.50 bits per heavy atom. The van der Waals surface area contributed by atoms with E-state index in [1.165, 1.54) is 0 Å². The first-order valence-electron chi connectivity index (χ1n) is 2.73. The molecule has 0 amide bonds. The van der Waals surface area contributed by atoms with E-state index in [2.05, 4.69) is 0 Å². The molecule has 0 aromatic rings. The van der Waals surface area contributed by atoms with Crippen LogP contribution in [0.2, 0.25) is 0 Å². The lowest BCUT2D eigenvalue weighted by atomic mass is 10.4. The van der Waals surface area contributed by atoms with Gasteiger partial charge in [-0.3, -0.25) is 0 Å². The molecule has 3 nitrogen and oxygen atoms in total. The minimum atomic E-state index is -0.0799. The topological polar surface area (TPSA) is 38.7 Å². The zero-order valence-corrected chi connectivity index (χ0v) is 4.67. The molecule has 1 atom stereocenters. The molecule has 0 saturated carbocycles. The van der Waals surface area contributed by atoms with Gasteiger partial charge in [0.1, 0.15) is 6.10 Å². The molecule has 0 radical (unpaired) electrons. The van der Waals surface area contributed by atoms with Crippen LogP contribution < -0.4 is 0 Å². The van der Waals surface area contributed by atoms with Crippen molar-refractivity contribution in [3.05, 3.63) is 0 Å². The minimum absolute atomic E-state index is 0.0694. The molecule has 3 heteroatoms. The second-order valence-corrected chi connectivity index (χ2v) is 1.75. The van der Waals surface area contributed by atoms with Gasteiger partial charge in [0, 0.05) is 0 Å². The molecular formula is C5H10O3. The Hall–Kier alpha value is -0.120. The first-order chi connectivity index (χ1) is 3.93. The summed E-state index contributed by atoms with van der Waals surface area (Å²) in [7, 11) is 0. The maximum absolute atomic E-state index is 8.49. The van der Waals surface area contributed by atoms with Crippen molar-refractivity contribution in [1.82, 2.24) is 0 Å². The molecule has 0 bridgehead atoms. The second-order valence-electron chi connectivity index (χ2n) is 1.75. The van der Waals surface area contributed by atoms with E-state index in [0.717, 1.165) is 0 Å². The van der Waals surface area contributed by atoms with Crippen LogP contribution in [0.25, 0.3) is 0 Å². The summed E-state index contributed by atoms with van der Waals surface area (Å²) in [5.41, 5.74) is 0. The summed E-state index contributed by atoms with van der Waals surface area (Å²) in [4.78, 5) is 0. The van der Waals surface area contributed by atoms with Crippen molar-refractivity contribution in [3.63, 3.8) is 0 Å². The molecule has 1 heterocycles. The summed E-state index contributed by atoms with van der Waals surface area (Å²) in [6, 6.07) is 0. The number of hydrogen-bond donors (Lipinski definition) is 1. The Balaban J connectivity index is 2.13. The lowest BCUT2D eigenvalue weighted by molar-refractivity contribution is -0.105. The molecule has 0 aromatic heterocycles. The standard InChI is InChI=1S/C5H10O3/c6-3-5-4-7-1-2-8-5/h5-6H,1-4H2/t5-/m1/s1. The Morgan fingerprint density at radius 2 is 2.38 bits per heavy atom. The lowest BCUT2D eigenvalue weighted by Gasteiger charge is -2.20. The van der Waals surface area contributed by atoms with Crippen molar-refractivity contribution in [2.75, 3.05) is 26.4 Å². The van der Waals surface area contributed by atoms with E-state index in [1.807, 2.05) is 0 Å². The summed E-state index contributed by atoms with van der Waals surface area (Å²) < 4.78 is 10.0. The average Bonchev–Trinajstić information content (AvgIpc) is 1.90. The lowest BCUT2D eigenvalue weighted by Crippen LogP contribution is -2.31. The summed E-state index contributed by atoms with van der Waals surface area (Å²) in [6.07, 6.45) is -0.0799. The first-order valence-corrected chi connectivity index (χ1v) is 2.73. The third kappa shape index (κ3) is 1.43. The van der Waals surface area contributed by atoms with Crippen LogP contribution in [0.15, 0.2) is 0 Å². The summed E-state index contributed by atoms with van der Waals surface area (Å²) in [5.74, 6) is 0. The molecule has 0 unspecified atom stereocenters. The van der Waals surface area contributed by atoms with Crippen molar-refractivity contribution in [3.8, 4) is 0 Å². The monoisotopic (exact) mass is 118 g/mol. The third-order valence-corrected chi connectivity index (χ3v) is 1.09. The van der Waals surface area contributed by atoms with Gasteiger partial charge < -0.3 is 14.6 Å². The van der Waals surface area contributed by atoms with Gasteiger partial charge in [0.05, 0.1) is 26.4 Å². The van der Waals surface area contributed by atoms with Gasteiger partial charge in [0.15, 0.2) is 0 Å². The SMILES string of the molecule is OC[C@@H]1COCCO1. The number of ether oxygens (including phenoxy) is 2. The smallest absolute Gasteiger partial charge is 0.104 e. The number of hydrogen-bond acceptors (Lipinski definition) is 3. The van der Waals surface area contributed by atoms with Crippen molar-refractivity contribution < 1.29 is 14.6 Å². The van der Waals surface area contributed by atoms with E-state index in [4.69, 9.17) is 14.6 Å². The van der Waals surface area contributed by atoms with Gasteiger partial charge in [0.2, 0.25) is 0 Å². The fraction of sp³-hybridized carbons (Fsp3) is 1.00. The van der Waals surface area contributed by atoms with Gasteiger partial charge >= 0.3 is 0 Å². The number of rotatable bonds is 1. The molecule has 8 heavy (non-hydrogen) atoms. The van der Waals surface area contributed by atoms with Crippen LogP contribution >= 0.6 is 0 Å². The Morgan fingerprint density at radius 3 is 2.75 bits per heavy atom. The maximum atomic E-state index is 8.49. The predicted molar refractivity (Wildman–Crippen MR) is 27.6 cm³/mol. The van der Waals surface area contributed by atoms with E-state index < -0.39 is 0 Å². The molecule has 1 saturated heterocycles. The van der Waals surface area contributed by atoms with Crippen molar-refractivity contribution >= 4 is 0 Å². The van der Waals surface area contributed by atoms with Crippen LogP contribution in [0, 0.1) is 0 Å². The molecule has 0 aliphatic carbocycles. The van der Waals surface area contributed by atoms with E-state index in [-0.39, 0.29) is 12.7 Å². The van der Waals surface area contributed by atoms with Crippen molar-refractivity contribution in [2.45, 2.75) is 6.10 Å². The van der Waals surface area contributed by atoms with E-state index in [1.54, 1.807) is 0 Å². The predicted octanol–water partition coefficient (Wildman–Crippen LogP) is -0.606. The van der Waals surface area contributed by atoms with Crippen LogP contribution in [0.1, 0.15) is 0 Å². The first kappa shape index (κ1) is 6.01. The fourth-order valence-corrected chi connectivity index (χ4v) is 0.642.